The van der Waals surface area contributed by atoms with Crippen molar-refractivity contribution in [3.05, 3.63) is 18.0 Å². The molecule has 0 aliphatic carbocycles. The second-order valence-electron chi connectivity index (χ2n) is 5.69. The molecule has 0 aromatic carbocycles. The zero-order chi connectivity index (χ0) is 13.8. The summed E-state index contributed by atoms with van der Waals surface area (Å²) in [6.45, 7) is 6.64. The van der Waals surface area contributed by atoms with Crippen molar-refractivity contribution >= 4 is 0 Å². The quantitative estimate of drug-likeness (QED) is 0.850. The first-order chi connectivity index (χ1) is 9.10. The fourth-order valence-corrected chi connectivity index (χ4v) is 2.83. The topological polar surface area (TPSA) is 36.3 Å². The lowest BCUT2D eigenvalue weighted by molar-refractivity contribution is 0.101. The Hall–Kier alpha value is -0.910. The predicted molar refractivity (Wildman–Crippen MR) is 78.2 cm³/mol. The van der Waals surface area contributed by atoms with Crippen molar-refractivity contribution in [1.82, 2.24) is 24.9 Å². The van der Waals surface area contributed by atoms with Gasteiger partial charge in [-0.15, -0.1) is 0 Å². The van der Waals surface area contributed by atoms with Crippen LogP contribution in [0.1, 0.15) is 24.9 Å². The summed E-state index contributed by atoms with van der Waals surface area (Å²) in [5.41, 5.74) is 1.30. The van der Waals surface area contributed by atoms with Gasteiger partial charge < -0.3 is 15.1 Å². The fraction of sp³-hybridized carbons (Fsp3) is 0.786. The van der Waals surface area contributed by atoms with Crippen molar-refractivity contribution in [2.45, 2.75) is 25.4 Å². The van der Waals surface area contributed by atoms with Gasteiger partial charge in [-0.2, -0.15) is 5.10 Å². The van der Waals surface area contributed by atoms with E-state index in [-0.39, 0.29) is 0 Å². The van der Waals surface area contributed by atoms with Gasteiger partial charge in [0.15, 0.2) is 0 Å². The smallest absolute Gasteiger partial charge is 0.0537 e. The molecular formula is C14H27N5. The van der Waals surface area contributed by atoms with Crippen LogP contribution in [0.25, 0.3) is 0 Å². The van der Waals surface area contributed by atoms with Crippen LogP contribution in [0.15, 0.2) is 12.4 Å². The van der Waals surface area contributed by atoms with Crippen molar-refractivity contribution in [3.8, 4) is 0 Å². The monoisotopic (exact) mass is 265 g/mol. The number of hydrogen-bond acceptors (Lipinski definition) is 4. The summed E-state index contributed by atoms with van der Waals surface area (Å²) in [6, 6.07) is 1.01. The van der Waals surface area contributed by atoms with Gasteiger partial charge in [-0.3, -0.25) is 4.68 Å². The first-order valence-corrected chi connectivity index (χ1v) is 7.21. The molecule has 0 amide bonds. The van der Waals surface area contributed by atoms with Crippen molar-refractivity contribution < 1.29 is 0 Å². The SMILES string of the molecule is CCNC(CC1CN(C)CCN1C)c1cnn(C)c1. The third-order valence-corrected chi connectivity index (χ3v) is 4.07. The van der Waals surface area contributed by atoms with E-state index >= 15 is 0 Å². The Morgan fingerprint density at radius 2 is 2.16 bits per heavy atom. The standard InChI is InChI=1S/C14H27N5/c1-5-15-14(12-9-16-19(4)10-12)8-13-11-17(2)6-7-18(13)3/h9-10,13-15H,5-8,11H2,1-4H3. The Morgan fingerprint density at radius 3 is 2.79 bits per heavy atom. The average molecular weight is 265 g/mol. The van der Waals surface area contributed by atoms with Crippen LogP contribution in [-0.2, 0) is 7.05 Å². The van der Waals surface area contributed by atoms with Gasteiger partial charge in [0.25, 0.3) is 0 Å². The van der Waals surface area contributed by atoms with Crippen LogP contribution < -0.4 is 5.32 Å². The van der Waals surface area contributed by atoms with Gasteiger partial charge in [0.1, 0.15) is 0 Å². The van der Waals surface area contributed by atoms with Crippen LogP contribution in [0, 0.1) is 0 Å². The zero-order valence-corrected chi connectivity index (χ0v) is 12.6. The Balaban J connectivity index is 2.03. The van der Waals surface area contributed by atoms with Crippen LogP contribution >= 0.6 is 0 Å². The molecule has 2 atom stereocenters. The molecule has 5 heteroatoms. The molecule has 1 aliphatic rings. The van der Waals surface area contributed by atoms with E-state index in [2.05, 4.69) is 47.4 Å². The number of nitrogens with one attached hydrogen (secondary N) is 1. The van der Waals surface area contributed by atoms with E-state index in [1.54, 1.807) is 0 Å². The van der Waals surface area contributed by atoms with Gasteiger partial charge in [-0.1, -0.05) is 6.92 Å². The number of likely N-dealkylation sites (N-methyl/N-ethyl adjacent to an activating group) is 2. The summed E-state index contributed by atoms with van der Waals surface area (Å²) >= 11 is 0. The van der Waals surface area contributed by atoms with Gasteiger partial charge in [0.2, 0.25) is 0 Å². The lowest BCUT2D eigenvalue weighted by Gasteiger charge is -2.39. The highest BCUT2D eigenvalue weighted by atomic mass is 15.3. The van der Waals surface area contributed by atoms with Crippen molar-refractivity contribution in [1.29, 1.82) is 0 Å². The first-order valence-electron chi connectivity index (χ1n) is 7.21. The molecule has 5 nitrogen and oxygen atoms in total. The van der Waals surface area contributed by atoms with Gasteiger partial charge >= 0.3 is 0 Å². The second kappa shape index (κ2) is 6.50. The summed E-state index contributed by atoms with van der Waals surface area (Å²) in [5, 5.41) is 7.90. The Bertz CT molecular complexity index is 389. The van der Waals surface area contributed by atoms with Gasteiger partial charge in [-0.25, -0.2) is 0 Å². The Kier molecular flexibility index (Phi) is 4.96. The van der Waals surface area contributed by atoms with Crippen molar-refractivity contribution in [3.63, 3.8) is 0 Å². The van der Waals surface area contributed by atoms with Crippen LogP contribution in [0.2, 0.25) is 0 Å². The maximum Gasteiger partial charge on any atom is 0.0537 e. The first kappa shape index (κ1) is 14.5. The van der Waals surface area contributed by atoms with E-state index in [0.717, 1.165) is 26.1 Å². The summed E-state index contributed by atoms with van der Waals surface area (Å²) < 4.78 is 1.89. The molecule has 19 heavy (non-hydrogen) atoms. The summed E-state index contributed by atoms with van der Waals surface area (Å²) in [7, 11) is 6.43. The molecule has 1 fully saturated rings. The minimum absolute atomic E-state index is 0.401. The second-order valence-corrected chi connectivity index (χ2v) is 5.69. The average Bonchev–Trinajstić information content (AvgIpc) is 2.80. The highest BCUT2D eigenvalue weighted by Gasteiger charge is 2.26. The van der Waals surface area contributed by atoms with E-state index in [1.165, 1.54) is 12.1 Å². The van der Waals surface area contributed by atoms with Gasteiger partial charge in [-0.05, 0) is 27.1 Å². The third kappa shape index (κ3) is 3.78. The molecule has 1 N–H and O–H groups in total. The van der Waals surface area contributed by atoms with Crippen LogP contribution in [0.3, 0.4) is 0 Å². The molecule has 0 spiro atoms. The Morgan fingerprint density at radius 1 is 1.37 bits per heavy atom. The summed E-state index contributed by atoms with van der Waals surface area (Å²) in [6.07, 6.45) is 5.25. The normalized spacial score (nSPS) is 23.7. The van der Waals surface area contributed by atoms with Crippen molar-refractivity contribution in [2.75, 3.05) is 40.3 Å². The molecule has 1 aliphatic heterocycles. The van der Waals surface area contributed by atoms with E-state index in [0.29, 0.717) is 12.1 Å². The van der Waals surface area contributed by atoms with E-state index < -0.39 is 0 Å². The minimum Gasteiger partial charge on any atom is -0.310 e. The number of nitrogens with zero attached hydrogens (tertiary/aromatic N) is 4. The van der Waals surface area contributed by atoms with Gasteiger partial charge in [0, 0.05) is 50.5 Å². The van der Waals surface area contributed by atoms with Crippen LogP contribution in [0.4, 0.5) is 0 Å². The molecule has 0 radical (unpaired) electrons. The van der Waals surface area contributed by atoms with Crippen LogP contribution in [-0.4, -0.2) is 65.9 Å². The van der Waals surface area contributed by atoms with E-state index in [1.807, 2.05) is 17.9 Å². The summed E-state index contributed by atoms with van der Waals surface area (Å²) in [5.74, 6) is 0. The molecule has 1 saturated heterocycles. The summed E-state index contributed by atoms with van der Waals surface area (Å²) in [4.78, 5) is 4.91. The maximum atomic E-state index is 4.30. The molecule has 2 unspecified atom stereocenters. The maximum absolute atomic E-state index is 4.30. The number of aromatic nitrogens is 2. The molecule has 0 saturated carbocycles. The van der Waals surface area contributed by atoms with Crippen molar-refractivity contribution in [2.24, 2.45) is 7.05 Å². The number of rotatable bonds is 5. The molecule has 0 bridgehead atoms. The lowest BCUT2D eigenvalue weighted by Crippen LogP contribution is -2.51. The molecular weight excluding hydrogens is 238 g/mol. The van der Waals surface area contributed by atoms with Crippen LogP contribution in [0.5, 0.6) is 0 Å². The van der Waals surface area contributed by atoms with Gasteiger partial charge in [0.05, 0.1) is 6.20 Å². The highest BCUT2D eigenvalue weighted by Crippen LogP contribution is 2.22. The molecule has 2 heterocycles. The fourth-order valence-electron chi connectivity index (χ4n) is 2.83. The number of hydrogen-bond donors (Lipinski definition) is 1. The number of aryl methyl sites for hydroxylation is 1. The molecule has 1 aromatic rings. The molecule has 2 rings (SSSR count). The number of piperazine rings is 1. The predicted octanol–water partition coefficient (Wildman–Crippen LogP) is 0.707. The minimum atomic E-state index is 0.401. The van der Waals surface area contributed by atoms with E-state index in [9.17, 15) is 0 Å². The third-order valence-electron chi connectivity index (χ3n) is 4.07. The lowest BCUT2D eigenvalue weighted by atomic mass is 9.99. The Labute approximate surface area is 116 Å². The molecule has 108 valence electrons. The zero-order valence-electron chi connectivity index (χ0n) is 12.6. The molecule has 1 aromatic heterocycles. The largest absolute Gasteiger partial charge is 0.310 e. The highest BCUT2D eigenvalue weighted by molar-refractivity contribution is 5.11. The van der Waals surface area contributed by atoms with E-state index in [4.69, 9.17) is 0 Å².